The molecule has 0 aliphatic heterocycles. The summed E-state index contributed by atoms with van der Waals surface area (Å²) in [5.41, 5.74) is 0.567. The van der Waals surface area contributed by atoms with Crippen molar-refractivity contribution in [2.24, 2.45) is 16.7 Å². The SMILES string of the molecule is CC1(C)CCCC2(C)C=CC(O)C12. The first-order chi connectivity index (χ1) is 5.96. The normalized spacial score (nSPS) is 47.7. The van der Waals surface area contributed by atoms with E-state index in [4.69, 9.17) is 0 Å². The van der Waals surface area contributed by atoms with Gasteiger partial charge >= 0.3 is 0 Å². The van der Waals surface area contributed by atoms with Crippen LogP contribution in [-0.4, -0.2) is 11.2 Å². The summed E-state index contributed by atoms with van der Waals surface area (Å²) in [5.74, 6) is 0.439. The van der Waals surface area contributed by atoms with Gasteiger partial charge in [-0.05, 0) is 23.7 Å². The molecule has 0 radical (unpaired) electrons. The van der Waals surface area contributed by atoms with E-state index in [9.17, 15) is 5.11 Å². The molecule has 3 unspecified atom stereocenters. The topological polar surface area (TPSA) is 20.2 Å². The average Bonchev–Trinajstić information content (AvgIpc) is 2.27. The molecule has 74 valence electrons. The molecule has 1 heteroatoms. The molecule has 2 aliphatic rings. The summed E-state index contributed by atoms with van der Waals surface area (Å²) >= 11 is 0. The van der Waals surface area contributed by atoms with Crippen LogP contribution in [0.1, 0.15) is 40.0 Å². The molecular formula is C12H20O. The molecule has 0 aromatic rings. The lowest BCUT2D eigenvalue weighted by Crippen LogP contribution is -2.43. The number of fused-ring (bicyclic) bond motifs is 1. The van der Waals surface area contributed by atoms with Crippen LogP contribution >= 0.6 is 0 Å². The van der Waals surface area contributed by atoms with Crippen molar-refractivity contribution in [2.45, 2.75) is 46.1 Å². The molecule has 3 atom stereocenters. The van der Waals surface area contributed by atoms with E-state index >= 15 is 0 Å². The van der Waals surface area contributed by atoms with E-state index < -0.39 is 0 Å². The third-order valence-electron chi connectivity index (χ3n) is 4.10. The van der Waals surface area contributed by atoms with E-state index in [-0.39, 0.29) is 11.5 Å². The van der Waals surface area contributed by atoms with Crippen molar-refractivity contribution < 1.29 is 5.11 Å². The van der Waals surface area contributed by atoms with Gasteiger partial charge in [0.15, 0.2) is 0 Å². The van der Waals surface area contributed by atoms with Gasteiger partial charge in [-0.1, -0.05) is 39.3 Å². The second kappa shape index (κ2) is 2.60. The van der Waals surface area contributed by atoms with Crippen LogP contribution in [0, 0.1) is 16.7 Å². The van der Waals surface area contributed by atoms with Crippen LogP contribution in [0.2, 0.25) is 0 Å². The molecule has 1 N–H and O–H groups in total. The molecule has 1 fully saturated rings. The van der Waals surface area contributed by atoms with Gasteiger partial charge in [-0.25, -0.2) is 0 Å². The van der Waals surface area contributed by atoms with E-state index in [0.717, 1.165) is 0 Å². The van der Waals surface area contributed by atoms with E-state index in [1.165, 1.54) is 19.3 Å². The third kappa shape index (κ3) is 1.25. The maximum Gasteiger partial charge on any atom is 0.0762 e. The van der Waals surface area contributed by atoms with Crippen molar-refractivity contribution >= 4 is 0 Å². The summed E-state index contributed by atoms with van der Waals surface area (Å²) in [6.45, 7) is 6.89. The first-order valence-electron chi connectivity index (χ1n) is 5.33. The molecule has 2 rings (SSSR count). The van der Waals surface area contributed by atoms with Gasteiger partial charge < -0.3 is 5.11 Å². The second-order valence-corrected chi connectivity index (χ2v) is 5.68. The highest BCUT2D eigenvalue weighted by Gasteiger charge is 2.50. The Balaban J connectivity index is 2.33. The van der Waals surface area contributed by atoms with Gasteiger partial charge in [0.05, 0.1) is 6.10 Å². The number of hydrogen-bond acceptors (Lipinski definition) is 1. The summed E-state index contributed by atoms with van der Waals surface area (Å²) in [4.78, 5) is 0. The van der Waals surface area contributed by atoms with Crippen LogP contribution in [0.4, 0.5) is 0 Å². The summed E-state index contributed by atoms with van der Waals surface area (Å²) in [7, 11) is 0. The average molecular weight is 180 g/mol. The summed E-state index contributed by atoms with van der Waals surface area (Å²) in [6, 6.07) is 0. The lowest BCUT2D eigenvalue weighted by molar-refractivity contribution is -0.0237. The maximum absolute atomic E-state index is 9.94. The van der Waals surface area contributed by atoms with Crippen LogP contribution in [0.5, 0.6) is 0 Å². The first-order valence-corrected chi connectivity index (χ1v) is 5.33. The standard InChI is InChI=1S/C12H20O/c1-11(2)6-4-7-12(3)8-5-9(13)10(11)12/h5,8-10,13H,4,6-7H2,1-3H3. The lowest BCUT2D eigenvalue weighted by atomic mass is 9.57. The van der Waals surface area contributed by atoms with Gasteiger partial charge in [-0.3, -0.25) is 0 Å². The van der Waals surface area contributed by atoms with Gasteiger partial charge in [-0.15, -0.1) is 0 Å². The third-order valence-corrected chi connectivity index (χ3v) is 4.10. The fourth-order valence-electron chi connectivity index (χ4n) is 3.60. The predicted molar refractivity (Wildman–Crippen MR) is 54.4 cm³/mol. The van der Waals surface area contributed by atoms with Gasteiger partial charge in [0.1, 0.15) is 0 Å². The fraction of sp³-hybridized carbons (Fsp3) is 0.833. The maximum atomic E-state index is 9.94. The molecule has 0 amide bonds. The molecule has 13 heavy (non-hydrogen) atoms. The molecular weight excluding hydrogens is 160 g/mol. The van der Waals surface area contributed by atoms with Crippen LogP contribution in [-0.2, 0) is 0 Å². The van der Waals surface area contributed by atoms with E-state index in [1.807, 2.05) is 6.08 Å². The molecule has 2 aliphatic carbocycles. The zero-order valence-corrected chi connectivity index (χ0v) is 8.88. The zero-order chi connectivity index (χ0) is 9.69. The number of hydrogen-bond donors (Lipinski definition) is 1. The molecule has 1 nitrogen and oxygen atoms in total. The first kappa shape index (κ1) is 9.26. The van der Waals surface area contributed by atoms with Crippen molar-refractivity contribution in [1.29, 1.82) is 0 Å². The minimum absolute atomic E-state index is 0.208. The van der Waals surface area contributed by atoms with Crippen molar-refractivity contribution in [1.82, 2.24) is 0 Å². The Hall–Kier alpha value is -0.300. The molecule has 0 aromatic heterocycles. The molecule has 0 bridgehead atoms. The monoisotopic (exact) mass is 180 g/mol. The van der Waals surface area contributed by atoms with Crippen molar-refractivity contribution in [2.75, 3.05) is 0 Å². The molecule has 0 spiro atoms. The number of rotatable bonds is 0. The summed E-state index contributed by atoms with van der Waals surface area (Å²) in [5, 5.41) is 9.94. The minimum atomic E-state index is -0.208. The van der Waals surface area contributed by atoms with E-state index in [0.29, 0.717) is 11.3 Å². The van der Waals surface area contributed by atoms with Gasteiger partial charge in [0, 0.05) is 5.92 Å². The fourth-order valence-corrected chi connectivity index (χ4v) is 3.60. The van der Waals surface area contributed by atoms with Crippen molar-refractivity contribution in [3.63, 3.8) is 0 Å². The molecule has 0 saturated heterocycles. The Morgan fingerprint density at radius 2 is 1.92 bits per heavy atom. The number of aliphatic hydroxyl groups is 1. The van der Waals surface area contributed by atoms with E-state index in [1.54, 1.807) is 0 Å². The predicted octanol–water partition coefficient (Wildman–Crippen LogP) is 2.75. The highest BCUT2D eigenvalue weighted by atomic mass is 16.3. The quantitative estimate of drug-likeness (QED) is 0.568. The zero-order valence-electron chi connectivity index (χ0n) is 8.88. The Morgan fingerprint density at radius 1 is 1.23 bits per heavy atom. The van der Waals surface area contributed by atoms with Gasteiger partial charge in [0.2, 0.25) is 0 Å². The Bertz CT molecular complexity index is 242. The van der Waals surface area contributed by atoms with Crippen molar-refractivity contribution in [3.8, 4) is 0 Å². The number of allylic oxidation sites excluding steroid dienone is 1. The highest BCUT2D eigenvalue weighted by molar-refractivity contribution is 5.18. The van der Waals surface area contributed by atoms with Crippen LogP contribution in [0.25, 0.3) is 0 Å². The van der Waals surface area contributed by atoms with Crippen LogP contribution in [0.3, 0.4) is 0 Å². The Kier molecular flexibility index (Phi) is 1.85. The number of aliphatic hydroxyl groups excluding tert-OH is 1. The Labute approximate surface area is 80.8 Å². The van der Waals surface area contributed by atoms with Gasteiger partial charge in [-0.2, -0.15) is 0 Å². The largest absolute Gasteiger partial charge is 0.389 e. The summed E-state index contributed by atoms with van der Waals surface area (Å²) < 4.78 is 0. The lowest BCUT2D eigenvalue weighted by Gasteiger charge is -2.48. The van der Waals surface area contributed by atoms with E-state index in [2.05, 4.69) is 26.8 Å². The Morgan fingerprint density at radius 3 is 2.54 bits per heavy atom. The molecule has 0 aromatic carbocycles. The molecule has 1 saturated carbocycles. The minimum Gasteiger partial charge on any atom is -0.389 e. The summed E-state index contributed by atoms with van der Waals surface area (Å²) in [6.07, 6.45) is 7.83. The second-order valence-electron chi connectivity index (χ2n) is 5.68. The highest BCUT2D eigenvalue weighted by Crippen LogP contribution is 2.56. The van der Waals surface area contributed by atoms with Crippen LogP contribution in [0.15, 0.2) is 12.2 Å². The van der Waals surface area contributed by atoms with Gasteiger partial charge in [0.25, 0.3) is 0 Å². The van der Waals surface area contributed by atoms with Crippen LogP contribution < -0.4 is 0 Å². The van der Waals surface area contributed by atoms with Crippen molar-refractivity contribution in [3.05, 3.63) is 12.2 Å². The smallest absolute Gasteiger partial charge is 0.0762 e. The molecule has 0 heterocycles.